The van der Waals surface area contributed by atoms with Gasteiger partial charge in [-0.15, -0.1) is 0 Å². The van der Waals surface area contributed by atoms with E-state index in [0.717, 1.165) is 11.3 Å². The van der Waals surface area contributed by atoms with E-state index in [9.17, 15) is 17.6 Å². The molecule has 2 heterocycles. The second-order valence-corrected chi connectivity index (χ2v) is 9.76. The Morgan fingerprint density at radius 1 is 0.935 bits per heavy atom. The number of hydrogen-bond donors (Lipinski definition) is 0. The van der Waals surface area contributed by atoms with E-state index in [-0.39, 0.29) is 22.8 Å². The van der Waals surface area contributed by atoms with Crippen LogP contribution in [-0.4, -0.2) is 35.6 Å². The summed E-state index contributed by atoms with van der Waals surface area (Å²) >= 11 is 0. The highest BCUT2D eigenvalue weighted by Gasteiger charge is 2.29. The predicted molar refractivity (Wildman–Crippen MR) is 117 cm³/mol. The average molecular weight is 442 g/mol. The molecule has 2 aromatic carbocycles. The molecular weight excluding hydrogens is 417 g/mol. The van der Waals surface area contributed by atoms with Crippen LogP contribution in [-0.2, 0) is 22.3 Å². The smallest absolute Gasteiger partial charge is 0.266 e. The molecule has 1 aliphatic rings. The fraction of sp³-hybridized carbons (Fsp3) is 0.304. The van der Waals surface area contributed by atoms with Crippen LogP contribution in [0.3, 0.4) is 0 Å². The summed E-state index contributed by atoms with van der Waals surface area (Å²) in [6, 6.07) is 18.8. The molecule has 0 atom stereocenters. The fourth-order valence-electron chi connectivity index (χ4n) is 3.86. The SMILES string of the molecule is O=c1ccc(-c2ccccc2)nn1CC1CCN(S(=O)(=O)Cc2ccccc2F)CC1. The Hall–Kier alpha value is -2.84. The summed E-state index contributed by atoms with van der Waals surface area (Å²) in [4.78, 5) is 12.3. The molecule has 1 aliphatic heterocycles. The number of aromatic nitrogens is 2. The van der Waals surface area contributed by atoms with Crippen LogP contribution < -0.4 is 5.56 Å². The number of benzene rings is 2. The predicted octanol–water partition coefficient (Wildman–Crippen LogP) is 3.29. The van der Waals surface area contributed by atoms with Crippen molar-refractivity contribution in [1.82, 2.24) is 14.1 Å². The number of halogens is 1. The van der Waals surface area contributed by atoms with Crippen molar-refractivity contribution in [3.8, 4) is 11.3 Å². The first-order valence-electron chi connectivity index (χ1n) is 10.3. The molecule has 4 rings (SSSR count). The Kier molecular flexibility index (Phi) is 6.29. The second-order valence-electron chi connectivity index (χ2n) is 7.80. The average Bonchev–Trinajstić information content (AvgIpc) is 2.78. The fourth-order valence-corrected chi connectivity index (χ4v) is 5.44. The van der Waals surface area contributed by atoms with E-state index in [1.54, 1.807) is 18.2 Å². The Morgan fingerprint density at radius 3 is 2.32 bits per heavy atom. The molecule has 0 radical (unpaired) electrons. The number of rotatable bonds is 6. The minimum Gasteiger partial charge on any atom is -0.268 e. The maximum Gasteiger partial charge on any atom is 0.266 e. The summed E-state index contributed by atoms with van der Waals surface area (Å²) < 4.78 is 42.2. The molecule has 1 aromatic heterocycles. The van der Waals surface area contributed by atoms with Crippen LogP contribution in [0.4, 0.5) is 4.39 Å². The number of hydrogen-bond acceptors (Lipinski definition) is 4. The molecule has 31 heavy (non-hydrogen) atoms. The van der Waals surface area contributed by atoms with Crippen molar-refractivity contribution < 1.29 is 12.8 Å². The van der Waals surface area contributed by atoms with Crippen LogP contribution in [0.1, 0.15) is 18.4 Å². The number of piperidine rings is 1. The molecular formula is C23H24FN3O3S. The molecule has 0 unspecified atom stereocenters. The third-order valence-electron chi connectivity index (χ3n) is 5.63. The minimum atomic E-state index is -3.60. The Bertz CT molecular complexity index is 1200. The zero-order chi connectivity index (χ0) is 21.8. The highest BCUT2D eigenvalue weighted by Crippen LogP contribution is 2.23. The van der Waals surface area contributed by atoms with E-state index in [1.807, 2.05) is 30.3 Å². The molecule has 1 saturated heterocycles. The molecule has 0 spiro atoms. The van der Waals surface area contributed by atoms with Gasteiger partial charge < -0.3 is 0 Å². The van der Waals surface area contributed by atoms with Crippen LogP contribution in [0, 0.1) is 11.7 Å². The lowest BCUT2D eigenvalue weighted by Crippen LogP contribution is -2.40. The third kappa shape index (κ3) is 5.08. The van der Waals surface area contributed by atoms with Crippen LogP contribution >= 0.6 is 0 Å². The first-order chi connectivity index (χ1) is 14.9. The van der Waals surface area contributed by atoms with E-state index < -0.39 is 15.8 Å². The Labute approximate surface area is 181 Å². The van der Waals surface area contributed by atoms with E-state index >= 15 is 0 Å². The van der Waals surface area contributed by atoms with Gasteiger partial charge in [-0.25, -0.2) is 21.8 Å². The zero-order valence-corrected chi connectivity index (χ0v) is 17.8. The molecule has 162 valence electrons. The van der Waals surface area contributed by atoms with Crippen molar-refractivity contribution in [2.24, 2.45) is 5.92 Å². The first-order valence-corrected chi connectivity index (χ1v) is 11.9. The lowest BCUT2D eigenvalue weighted by atomic mass is 9.98. The summed E-state index contributed by atoms with van der Waals surface area (Å²) in [6.45, 7) is 1.16. The molecule has 8 heteroatoms. The van der Waals surface area contributed by atoms with Gasteiger partial charge in [0.2, 0.25) is 10.0 Å². The van der Waals surface area contributed by atoms with Crippen LogP contribution in [0.25, 0.3) is 11.3 Å². The molecule has 0 bridgehead atoms. The van der Waals surface area contributed by atoms with E-state index in [2.05, 4.69) is 5.10 Å². The summed E-state index contributed by atoms with van der Waals surface area (Å²) in [5, 5.41) is 4.50. The normalized spacial score (nSPS) is 15.8. The summed E-state index contributed by atoms with van der Waals surface area (Å²) in [7, 11) is -3.60. The van der Waals surface area contributed by atoms with E-state index in [4.69, 9.17) is 0 Å². The lowest BCUT2D eigenvalue weighted by molar-refractivity contribution is 0.244. The zero-order valence-electron chi connectivity index (χ0n) is 17.0. The molecule has 3 aromatic rings. The van der Waals surface area contributed by atoms with Crippen molar-refractivity contribution in [1.29, 1.82) is 0 Å². The van der Waals surface area contributed by atoms with Crippen molar-refractivity contribution in [2.75, 3.05) is 13.1 Å². The van der Waals surface area contributed by atoms with Gasteiger partial charge in [0.15, 0.2) is 0 Å². The molecule has 0 saturated carbocycles. The van der Waals surface area contributed by atoms with E-state index in [1.165, 1.54) is 27.2 Å². The quantitative estimate of drug-likeness (QED) is 0.589. The molecule has 1 fully saturated rings. The highest BCUT2D eigenvalue weighted by molar-refractivity contribution is 7.88. The summed E-state index contributed by atoms with van der Waals surface area (Å²) in [5.74, 6) is -0.703. The molecule has 0 amide bonds. The molecule has 0 aliphatic carbocycles. The van der Waals surface area contributed by atoms with Crippen LogP contribution in [0.15, 0.2) is 71.5 Å². The van der Waals surface area contributed by atoms with Gasteiger partial charge in [0.1, 0.15) is 5.82 Å². The Morgan fingerprint density at radius 2 is 1.61 bits per heavy atom. The maximum atomic E-state index is 13.9. The standard InChI is InChI=1S/C23H24FN3O3S/c24-21-9-5-4-8-20(21)17-31(29,30)26-14-12-18(13-15-26)16-27-23(28)11-10-22(25-27)19-6-2-1-3-7-19/h1-11,18H,12-17H2. The Balaban J connectivity index is 1.40. The van der Waals surface area contributed by atoms with Crippen molar-refractivity contribution >= 4 is 10.0 Å². The van der Waals surface area contributed by atoms with Gasteiger partial charge in [-0.05, 0) is 30.9 Å². The second kappa shape index (κ2) is 9.11. The lowest BCUT2D eigenvalue weighted by Gasteiger charge is -2.31. The third-order valence-corrected chi connectivity index (χ3v) is 7.46. The van der Waals surface area contributed by atoms with Crippen LogP contribution in [0.2, 0.25) is 0 Å². The van der Waals surface area contributed by atoms with Crippen molar-refractivity contribution in [2.45, 2.75) is 25.1 Å². The molecule has 6 nitrogen and oxygen atoms in total. The van der Waals surface area contributed by atoms with Gasteiger partial charge >= 0.3 is 0 Å². The van der Waals surface area contributed by atoms with Gasteiger partial charge in [0.05, 0.1) is 11.4 Å². The van der Waals surface area contributed by atoms with Gasteiger partial charge in [-0.3, -0.25) is 4.79 Å². The van der Waals surface area contributed by atoms with E-state index in [0.29, 0.717) is 32.5 Å². The molecule has 0 N–H and O–H groups in total. The number of nitrogens with zero attached hydrogens (tertiary/aromatic N) is 3. The monoisotopic (exact) mass is 441 g/mol. The highest BCUT2D eigenvalue weighted by atomic mass is 32.2. The van der Waals surface area contributed by atoms with Gasteiger partial charge in [-0.1, -0.05) is 48.5 Å². The van der Waals surface area contributed by atoms with Crippen LogP contribution in [0.5, 0.6) is 0 Å². The van der Waals surface area contributed by atoms with Gasteiger partial charge in [-0.2, -0.15) is 5.10 Å². The summed E-state index contributed by atoms with van der Waals surface area (Å²) in [5.41, 5.74) is 1.67. The largest absolute Gasteiger partial charge is 0.268 e. The topological polar surface area (TPSA) is 72.3 Å². The number of sulfonamides is 1. The van der Waals surface area contributed by atoms with Crippen molar-refractivity contribution in [3.63, 3.8) is 0 Å². The van der Waals surface area contributed by atoms with Gasteiger partial charge in [0.25, 0.3) is 5.56 Å². The first kappa shape index (κ1) is 21.4. The van der Waals surface area contributed by atoms with Gasteiger partial charge in [0, 0.05) is 36.8 Å². The maximum absolute atomic E-state index is 13.9. The van der Waals surface area contributed by atoms with Crippen molar-refractivity contribution in [3.05, 3.63) is 88.5 Å². The minimum absolute atomic E-state index is 0.149. The summed E-state index contributed by atoms with van der Waals surface area (Å²) in [6.07, 6.45) is 1.25.